The van der Waals surface area contributed by atoms with E-state index >= 15 is 0 Å². The van der Waals surface area contributed by atoms with Gasteiger partial charge in [-0.3, -0.25) is 10.1 Å². The third-order valence-corrected chi connectivity index (χ3v) is 6.10. The molecule has 2 aromatic rings. The molecule has 0 fully saturated rings. The van der Waals surface area contributed by atoms with Crippen LogP contribution in [0.25, 0.3) is 0 Å². The van der Waals surface area contributed by atoms with E-state index in [2.05, 4.69) is 25.0 Å². The summed E-state index contributed by atoms with van der Waals surface area (Å²) >= 11 is 5.80. The Hall–Kier alpha value is -2.99. The first-order valence-electron chi connectivity index (χ1n) is 9.78. The predicted molar refractivity (Wildman–Crippen MR) is 123 cm³/mol. The van der Waals surface area contributed by atoms with Gasteiger partial charge in [0.2, 0.25) is 5.28 Å². The molecule has 1 unspecified atom stereocenters. The number of halogens is 1. The zero-order chi connectivity index (χ0) is 23.7. The van der Waals surface area contributed by atoms with Crippen molar-refractivity contribution in [1.82, 2.24) is 9.97 Å². The zero-order valence-electron chi connectivity index (χ0n) is 18.0. The molecule has 32 heavy (non-hydrogen) atoms. The number of nitro benzene ring substituents is 1. The molecule has 0 spiro atoms. The minimum atomic E-state index is -3.17. The lowest BCUT2D eigenvalue weighted by Crippen LogP contribution is -2.12. The lowest BCUT2D eigenvalue weighted by Gasteiger charge is -2.13. The Kier molecular flexibility index (Phi) is 9.14. The molecule has 0 radical (unpaired) electrons. The molecule has 1 aromatic carbocycles. The van der Waals surface area contributed by atoms with Crippen LogP contribution in [0.3, 0.4) is 0 Å². The van der Waals surface area contributed by atoms with Crippen LogP contribution in [0.5, 0.6) is 0 Å². The number of nitro groups is 1. The number of ether oxygens (including phenoxy) is 1. The topological polar surface area (TPSA) is 149 Å². The first-order valence-corrected chi connectivity index (χ1v) is 12.1. The van der Waals surface area contributed by atoms with Gasteiger partial charge in [-0.05, 0) is 44.4 Å². The Morgan fingerprint density at radius 1 is 1.31 bits per heavy atom. The van der Waals surface area contributed by atoms with E-state index in [1.165, 1.54) is 24.5 Å². The van der Waals surface area contributed by atoms with Gasteiger partial charge in [-0.1, -0.05) is 0 Å². The van der Waals surface area contributed by atoms with E-state index in [0.29, 0.717) is 25.3 Å². The number of carbonyl (C=O) groups excluding carboxylic acids is 1. The smallest absolute Gasteiger partial charge is 0.442 e. The quantitative estimate of drug-likeness (QED) is 0.218. The summed E-state index contributed by atoms with van der Waals surface area (Å²) in [6.45, 7) is 4.65. The van der Waals surface area contributed by atoms with Gasteiger partial charge in [-0.25, -0.2) is 19.0 Å². The van der Waals surface area contributed by atoms with E-state index in [0.717, 1.165) is 12.0 Å². The van der Waals surface area contributed by atoms with Crippen molar-refractivity contribution < 1.29 is 18.7 Å². The third kappa shape index (κ3) is 7.31. The molecule has 13 heteroatoms. The van der Waals surface area contributed by atoms with Gasteiger partial charge in [0.15, 0.2) is 0 Å². The lowest BCUT2D eigenvalue weighted by molar-refractivity contribution is -0.384. The number of aromatic nitrogens is 2. The van der Waals surface area contributed by atoms with Crippen molar-refractivity contribution in [2.75, 3.05) is 36.6 Å². The molecule has 2 rings (SSSR count). The lowest BCUT2D eigenvalue weighted by atomic mass is 10.2. The number of nitrogens with zero attached hydrogens (tertiary/aromatic N) is 4. The van der Waals surface area contributed by atoms with Gasteiger partial charge in [0.1, 0.15) is 5.82 Å². The van der Waals surface area contributed by atoms with E-state index in [1.807, 2.05) is 6.92 Å². The molecule has 11 nitrogen and oxygen atoms in total. The summed E-state index contributed by atoms with van der Waals surface area (Å²) < 4.78 is 21.4. The SMILES string of the molecule is CCOC(=O)N=S(C)(=O)c1ccc([N+](=O)[O-])cc1NCCCCNc1nc(Cl)ncc1C. The maximum absolute atomic E-state index is 13.0. The Balaban J connectivity index is 2.05. The Bertz CT molecular complexity index is 1100. The molecule has 0 aliphatic rings. The van der Waals surface area contributed by atoms with Crippen LogP contribution in [-0.4, -0.2) is 51.1 Å². The van der Waals surface area contributed by atoms with Crippen molar-refractivity contribution >= 4 is 44.6 Å². The standard InChI is InChI=1S/C19H25ClN6O5S/c1-4-31-19(27)25-32(3,30)16-8-7-14(26(28)29)11-15(16)21-9-5-6-10-22-17-13(2)12-23-18(20)24-17/h7-8,11-12,21H,4-6,9-10H2,1-3H3,(H,22,23,24). The van der Waals surface area contributed by atoms with Gasteiger partial charge in [-0.2, -0.15) is 0 Å². The minimum Gasteiger partial charge on any atom is -0.448 e. The summed E-state index contributed by atoms with van der Waals surface area (Å²) in [5.74, 6) is 0.658. The van der Waals surface area contributed by atoms with Crippen molar-refractivity contribution in [3.05, 3.63) is 45.4 Å². The number of hydrogen-bond acceptors (Lipinski definition) is 9. The molecule has 174 valence electrons. The molecule has 0 saturated carbocycles. The zero-order valence-corrected chi connectivity index (χ0v) is 19.5. The van der Waals surface area contributed by atoms with Crippen LogP contribution in [0.4, 0.5) is 22.0 Å². The second kappa shape index (κ2) is 11.6. The number of nitrogens with one attached hydrogen (secondary N) is 2. The molecule has 1 atom stereocenters. The van der Waals surface area contributed by atoms with Crippen molar-refractivity contribution in [2.24, 2.45) is 4.36 Å². The second-order valence-electron chi connectivity index (χ2n) is 6.76. The molecule has 2 N–H and O–H groups in total. The summed E-state index contributed by atoms with van der Waals surface area (Å²) in [7, 11) is -3.17. The van der Waals surface area contributed by atoms with E-state index in [1.54, 1.807) is 13.1 Å². The average molecular weight is 485 g/mol. The third-order valence-electron chi connectivity index (χ3n) is 4.25. The molecule has 1 aromatic heterocycles. The fourth-order valence-corrected chi connectivity index (χ4v) is 4.15. The number of amides is 1. The number of anilines is 2. The summed E-state index contributed by atoms with van der Waals surface area (Å²) in [5, 5.41) is 17.6. The van der Waals surface area contributed by atoms with Crippen LogP contribution in [0.15, 0.2) is 33.7 Å². The van der Waals surface area contributed by atoms with Crippen LogP contribution in [0, 0.1) is 17.0 Å². The molecule has 1 heterocycles. The van der Waals surface area contributed by atoms with E-state index in [-0.39, 0.29) is 28.2 Å². The Morgan fingerprint density at radius 3 is 2.66 bits per heavy atom. The number of unbranched alkanes of at least 4 members (excludes halogenated alkanes) is 1. The maximum atomic E-state index is 13.0. The fraction of sp³-hybridized carbons (Fsp3) is 0.421. The molecular formula is C19H25ClN6O5S. The molecular weight excluding hydrogens is 460 g/mol. The van der Waals surface area contributed by atoms with Crippen molar-refractivity contribution in [2.45, 2.75) is 31.6 Å². The van der Waals surface area contributed by atoms with Crippen LogP contribution in [-0.2, 0) is 14.5 Å². The highest BCUT2D eigenvalue weighted by atomic mass is 35.5. The molecule has 0 aliphatic heterocycles. The summed E-state index contributed by atoms with van der Waals surface area (Å²) in [6.07, 6.45) is 3.43. The van der Waals surface area contributed by atoms with E-state index < -0.39 is 20.7 Å². The molecule has 1 amide bonds. The van der Waals surface area contributed by atoms with Gasteiger partial charge in [-0.15, -0.1) is 4.36 Å². The number of carbonyl (C=O) groups is 1. The second-order valence-corrected chi connectivity index (χ2v) is 9.33. The number of hydrogen-bond donors (Lipinski definition) is 2. The Labute approximate surface area is 191 Å². The van der Waals surface area contributed by atoms with Gasteiger partial charge < -0.3 is 15.4 Å². The summed E-state index contributed by atoms with van der Waals surface area (Å²) in [4.78, 5) is 30.5. The highest BCUT2D eigenvalue weighted by Gasteiger charge is 2.18. The van der Waals surface area contributed by atoms with Gasteiger partial charge in [0.05, 0.1) is 31.8 Å². The maximum Gasteiger partial charge on any atom is 0.442 e. The van der Waals surface area contributed by atoms with Crippen LogP contribution in [0.1, 0.15) is 25.3 Å². The van der Waals surface area contributed by atoms with Crippen molar-refractivity contribution in [3.8, 4) is 0 Å². The predicted octanol–water partition coefficient (Wildman–Crippen LogP) is 4.26. The fourth-order valence-electron chi connectivity index (χ4n) is 2.72. The van der Waals surface area contributed by atoms with Crippen molar-refractivity contribution in [1.29, 1.82) is 0 Å². The van der Waals surface area contributed by atoms with Crippen LogP contribution < -0.4 is 10.6 Å². The molecule has 0 bridgehead atoms. The monoisotopic (exact) mass is 484 g/mol. The highest BCUT2D eigenvalue weighted by Crippen LogP contribution is 2.28. The van der Waals surface area contributed by atoms with Gasteiger partial charge in [0, 0.05) is 43.2 Å². The summed E-state index contributed by atoms with van der Waals surface area (Å²) in [5.41, 5.74) is 0.989. The largest absolute Gasteiger partial charge is 0.448 e. The van der Waals surface area contributed by atoms with E-state index in [9.17, 15) is 19.1 Å². The van der Waals surface area contributed by atoms with Crippen LogP contribution >= 0.6 is 11.6 Å². The minimum absolute atomic E-state index is 0.0952. The number of aryl methyl sites for hydroxylation is 1. The number of non-ortho nitro benzene ring substituents is 1. The van der Waals surface area contributed by atoms with Gasteiger partial charge >= 0.3 is 6.09 Å². The molecule has 0 aliphatic carbocycles. The van der Waals surface area contributed by atoms with E-state index in [4.69, 9.17) is 16.3 Å². The Morgan fingerprint density at radius 2 is 2.00 bits per heavy atom. The average Bonchev–Trinajstić information content (AvgIpc) is 2.72. The summed E-state index contributed by atoms with van der Waals surface area (Å²) in [6, 6.07) is 3.85. The van der Waals surface area contributed by atoms with Gasteiger partial charge in [0.25, 0.3) is 5.69 Å². The number of benzene rings is 1. The number of rotatable bonds is 10. The van der Waals surface area contributed by atoms with Crippen LogP contribution in [0.2, 0.25) is 5.28 Å². The van der Waals surface area contributed by atoms with Crippen molar-refractivity contribution in [3.63, 3.8) is 0 Å². The normalized spacial score (nSPS) is 12.5. The molecule has 0 saturated heterocycles. The highest BCUT2D eigenvalue weighted by molar-refractivity contribution is 7.93. The first-order chi connectivity index (χ1) is 15.1. The first kappa shape index (κ1) is 25.3.